The molecule has 1 N–H and O–H groups in total. The van der Waals surface area contributed by atoms with Crippen molar-refractivity contribution in [1.29, 1.82) is 0 Å². The van der Waals surface area contributed by atoms with Crippen molar-refractivity contribution in [1.82, 2.24) is 4.98 Å². The van der Waals surface area contributed by atoms with Crippen molar-refractivity contribution < 1.29 is 10.0 Å². The number of aryl methyl sites for hydroxylation is 1. The number of pyridine rings is 1. The smallest absolute Gasteiger partial charge is 0.290 e. The molecule has 0 saturated carbocycles. The summed E-state index contributed by atoms with van der Waals surface area (Å²) in [5, 5.41) is 20.3. The van der Waals surface area contributed by atoms with Gasteiger partial charge in [0.2, 0.25) is 0 Å². The molecule has 94 valence electrons. The molecular formula is C11H17N3O3. The fourth-order valence-electron chi connectivity index (χ4n) is 1.60. The van der Waals surface area contributed by atoms with E-state index >= 15 is 0 Å². The van der Waals surface area contributed by atoms with Crippen LogP contribution in [0.5, 0.6) is 0 Å². The van der Waals surface area contributed by atoms with Gasteiger partial charge in [0.05, 0.1) is 10.5 Å². The van der Waals surface area contributed by atoms with Gasteiger partial charge in [-0.25, -0.2) is 4.98 Å². The topological polar surface area (TPSA) is 79.5 Å². The van der Waals surface area contributed by atoms with Crippen LogP contribution < -0.4 is 4.90 Å². The number of aromatic nitrogens is 1. The second-order valence-electron chi connectivity index (χ2n) is 4.75. The van der Waals surface area contributed by atoms with Crippen molar-refractivity contribution >= 4 is 11.5 Å². The first-order valence-electron chi connectivity index (χ1n) is 5.25. The second-order valence-corrected chi connectivity index (χ2v) is 4.75. The Morgan fingerprint density at radius 2 is 2.18 bits per heavy atom. The summed E-state index contributed by atoms with van der Waals surface area (Å²) in [7, 11) is 1.78. The number of hydrogen-bond acceptors (Lipinski definition) is 5. The molecule has 0 atom stereocenters. The van der Waals surface area contributed by atoms with E-state index in [2.05, 4.69) is 4.98 Å². The molecule has 6 nitrogen and oxygen atoms in total. The number of hydrogen-bond donors (Lipinski definition) is 1. The van der Waals surface area contributed by atoms with Gasteiger partial charge in [-0.3, -0.25) is 10.1 Å². The van der Waals surface area contributed by atoms with Crippen molar-refractivity contribution in [3.63, 3.8) is 0 Å². The normalized spacial score (nSPS) is 11.4. The summed E-state index contributed by atoms with van der Waals surface area (Å²) in [5.41, 5.74) is -0.278. The first-order chi connectivity index (χ1) is 7.70. The van der Waals surface area contributed by atoms with Crippen LogP contribution in [-0.4, -0.2) is 34.2 Å². The lowest BCUT2D eigenvalue weighted by molar-refractivity contribution is -0.385. The summed E-state index contributed by atoms with van der Waals surface area (Å²) in [6.07, 6.45) is 1.24. The Kier molecular flexibility index (Phi) is 3.67. The molecule has 1 aromatic rings. The predicted octanol–water partition coefficient (Wildman–Crippen LogP) is 1.51. The minimum absolute atomic E-state index is 0.00501. The van der Waals surface area contributed by atoms with Crippen LogP contribution in [0.2, 0.25) is 0 Å². The van der Waals surface area contributed by atoms with Gasteiger partial charge in [-0.1, -0.05) is 0 Å². The van der Waals surface area contributed by atoms with Crippen LogP contribution in [0.1, 0.15) is 19.4 Å². The van der Waals surface area contributed by atoms with E-state index in [1.54, 1.807) is 38.8 Å². The highest BCUT2D eigenvalue weighted by molar-refractivity contribution is 5.48. The molecule has 0 amide bonds. The first kappa shape index (κ1) is 13.4. The average molecular weight is 239 g/mol. The van der Waals surface area contributed by atoms with Crippen molar-refractivity contribution in [3.8, 4) is 0 Å². The Bertz CT molecular complexity index is 426. The van der Waals surface area contributed by atoms with E-state index in [4.69, 9.17) is 0 Å². The molecule has 1 aromatic heterocycles. The highest BCUT2D eigenvalue weighted by Crippen LogP contribution is 2.21. The van der Waals surface area contributed by atoms with Gasteiger partial charge in [-0.05, 0) is 26.8 Å². The average Bonchev–Trinajstić information content (AvgIpc) is 2.14. The van der Waals surface area contributed by atoms with Crippen LogP contribution in [0.25, 0.3) is 0 Å². The van der Waals surface area contributed by atoms with E-state index in [9.17, 15) is 15.2 Å². The van der Waals surface area contributed by atoms with Crippen LogP contribution >= 0.6 is 0 Å². The van der Waals surface area contributed by atoms with Gasteiger partial charge in [0.1, 0.15) is 12.0 Å². The third-order valence-electron chi connectivity index (χ3n) is 2.28. The maximum absolute atomic E-state index is 10.6. The third kappa shape index (κ3) is 3.67. The van der Waals surface area contributed by atoms with Gasteiger partial charge in [0.15, 0.2) is 0 Å². The van der Waals surface area contributed by atoms with Crippen LogP contribution in [0.15, 0.2) is 12.3 Å². The summed E-state index contributed by atoms with van der Waals surface area (Å²) in [6.45, 7) is 5.46. The molecule has 0 saturated heterocycles. The maximum Gasteiger partial charge on any atom is 0.290 e. The third-order valence-corrected chi connectivity index (χ3v) is 2.28. The zero-order chi connectivity index (χ0) is 13.2. The Morgan fingerprint density at radius 1 is 1.59 bits per heavy atom. The number of nitrogens with zero attached hydrogens (tertiary/aromatic N) is 3. The maximum atomic E-state index is 10.6. The van der Waals surface area contributed by atoms with Crippen LogP contribution in [0.3, 0.4) is 0 Å². The van der Waals surface area contributed by atoms with E-state index < -0.39 is 10.5 Å². The number of aliphatic hydroxyl groups is 1. The fourth-order valence-corrected chi connectivity index (χ4v) is 1.60. The Hall–Kier alpha value is -1.69. The first-order valence-corrected chi connectivity index (χ1v) is 5.25. The summed E-state index contributed by atoms with van der Waals surface area (Å²) in [5.74, 6) is 0.607. The lowest BCUT2D eigenvalue weighted by Crippen LogP contribution is -2.36. The van der Waals surface area contributed by atoms with E-state index in [0.29, 0.717) is 17.9 Å². The predicted molar refractivity (Wildman–Crippen MR) is 65.2 cm³/mol. The molecule has 0 aliphatic carbocycles. The number of nitro groups is 1. The fraction of sp³-hybridized carbons (Fsp3) is 0.545. The van der Waals surface area contributed by atoms with Gasteiger partial charge >= 0.3 is 0 Å². The Morgan fingerprint density at radius 3 is 2.59 bits per heavy atom. The van der Waals surface area contributed by atoms with E-state index in [1.165, 1.54) is 6.20 Å². The summed E-state index contributed by atoms with van der Waals surface area (Å²) < 4.78 is 0. The molecule has 0 radical (unpaired) electrons. The van der Waals surface area contributed by atoms with Gasteiger partial charge in [0, 0.05) is 19.2 Å². The van der Waals surface area contributed by atoms with Gasteiger partial charge in [0.25, 0.3) is 5.69 Å². The quantitative estimate of drug-likeness (QED) is 0.636. The molecule has 17 heavy (non-hydrogen) atoms. The molecule has 6 heteroatoms. The molecule has 1 heterocycles. The van der Waals surface area contributed by atoms with E-state index in [0.717, 1.165) is 0 Å². The van der Waals surface area contributed by atoms with Crippen molar-refractivity contribution in [3.05, 3.63) is 27.9 Å². The standard InChI is InChI=1S/C11H17N3O3/c1-8-5-10(12-6-9(8)14(16)17)13(4)7-11(2,3)15/h5-6,15H,7H2,1-4H3. The summed E-state index contributed by atoms with van der Waals surface area (Å²) >= 11 is 0. The minimum Gasteiger partial charge on any atom is -0.389 e. The SMILES string of the molecule is Cc1cc(N(C)CC(C)(C)O)ncc1[N+](=O)[O-]. The number of anilines is 1. The number of likely N-dealkylation sites (N-methyl/N-ethyl adjacent to an activating group) is 1. The highest BCUT2D eigenvalue weighted by atomic mass is 16.6. The Balaban J connectivity index is 2.94. The zero-order valence-corrected chi connectivity index (χ0v) is 10.5. The molecule has 0 aliphatic heterocycles. The largest absolute Gasteiger partial charge is 0.389 e. The molecule has 0 aromatic carbocycles. The Labute approximate surface area is 100 Å². The van der Waals surface area contributed by atoms with Crippen molar-refractivity contribution in [2.75, 3.05) is 18.5 Å². The summed E-state index contributed by atoms with van der Waals surface area (Å²) in [4.78, 5) is 16.0. The monoisotopic (exact) mass is 239 g/mol. The van der Waals surface area contributed by atoms with Crippen molar-refractivity contribution in [2.45, 2.75) is 26.4 Å². The van der Waals surface area contributed by atoms with Gasteiger partial charge < -0.3 is 10.0 Å². The highest BCUT2D eigenvalue weighted by Gasteiger charge is 2.18. The van der Waals surface area contributed by atoms with Gasteiger partial charge in [-0.15, -0.1) is 0 Å². The minimum atomic E-state index is -0.841. The summed E-state index contributed by atoms with van der Waals surface area (Å²) in [6, 6.07) is 1.64. The molecule has 1 rings (SSSR count). The molecular weight excluding hydrogens is 222 g/mol. The van der Waals surface area contributed by atoms with E-state index in [-0.39, 0.29) is 5.69 Å². The second kappa shape index (κ2) is 4.67. The van der Waals surface area contributed by atoms with Gasteiger partial charge in [-0.2, -0.15) is 0 Å². The van der Waals surface area contributed by atoms with Crippen LogP contribution in [-0.2, 0) is 0 Å². The van der Waals surface area contributed by atoms with Crippen LogP contribution in [0.4, 0.5) is 11.5 Å². The molecule has 0 aliphatic rings. The molecule has 0 spiro atoms. The van der Waals surface area contributed by atoms with Crippen molar-refractivity contribution in [2.24, 2.45) is 0 Å². The number of rotatable bonds is 4. The lowest BCUT2D eigenvalue weighted by atomic mass is 10.1. The molecule has 0 bridgehead atoms. The lowest BCUT2D eigenvalue weighted by Gasteiger charge is -2.26. The zero-order valence-electron chi connectivity index (χ0n) is 10.5. The molecule has 0 fully saturated rings. The van der Waals surface area contributed by atoms with Crippen LogP contribution in [0, 0.1) is 17.0 Å². The van der Waals surface area contributed by atoms with E-state index in [1.807, 2.05) is 0 Å². The molecule has 0 unspecified atom stereocenters.